The van der Waals surface area contributed by atoms with E-state index in [0.717, 1.165) is 18.3 Å². The largest absolute Gasteiger partial charge is 0.573 e. The molecule has 0 bridgehead atoms. The van der Waals surface area contributed by atoms with Crippen molar-refractivity contribution in [1.82, 2.24) is 4.98 Å². The molecule has 0 fully saturated rings. The van der Waals surface area contributed by atoms with Gasteiger partial charge in [-0.05, 0) is 12.1 Å². The van der Waals surface area contributed by atoms with Gasteiger partial charge in [0, 0.05) is 17.3 Å². The van der Waals surface area contributed by atoms with Crippen LogP contribution in [0.1, 0.15) is 5.69 Å². The number of nitrogens with zero attached hydrogens (tertiary/aromatic N) is 2. The number of para-hydroxylation sites is 1. The second-order valence-corrected chi connectivity index (χ2v) is 3.71. The van der Waals surface area contributed by atoms with Crippen LogP contribution in [0.3, 0.4) is 0 Å². The molecule has 0 unspecified atom stereocenters. The van der Waals surface area contributed by atoms with Gasteiger partial charge in [-0.2, -0.15) is 5.26 Å². The highest BCUT2D eigenvalue weighted by Gasteiger charge is 2.32. The summed E-state index contributed by atoms with van der Waals surface area (Å²) in [7, 11) is 0. The van der Waals surface area contributed by atoms with Crippen molar-refractivity contribution in [1.29, 1.82) is 5.26 Å². The maximum Gasteiger partial charge on any atom is 0.573 e. The van der Waals surface area contributed by atoms with Crippen LogP contribution in [0.15, 0.2) is 36.5 Å². The minimum absolute atomic E-state index is 0.0284. The molecular formula is C13H6F4N2O. The normalized spacial score (nSPS) is 10.9. The molecule has 0 aliphatic heterocycles. The van der Waals surface area contributed by atoms with Crippen molar-refractivity contribution in [3.8, 4) is 22.9 Å². The molecule has 20 heavy (non-hydrogen) atoms. The van der Waals surface area contributed by atoms with Crippen LogP contribution in [0.2, 0.25) is 0 Å². The maximum atomic E-state index is 13.5. The maximum absolute atomic E-state index is 13.5. The van der Waals surface area contributed by atoms with Crippen molar-refractivity contribution in [2.45, 2.75) is 6.36 Å². The first kappa shape index (κ1) is 13.8. The van der Waals surface area contributed by atoms with Crippen LogP contribution in [0.4, 0.5) is 17.6 Å². The van der Waals surface area contributed by atoms with Gasteiger partial charge >= 0.3 is 6.36 Å². The highest BCUT2D eigenvalue weighted by molar-refractivity contribution is 5.70. The fourth-order valence-corrected chi connectivity index (χ4v) is 1.59. The standard InChI is InChI=1S/C13H6F4N2O/c14-10-5-8(7-19-11(10)6-18)9-3-1-2-4-12(9)20-13(15,16)17/h1-5,7H. The molecule has 0 aliphatic carbocycles. The van der Waals surface area contributed by atoms with E-state index < -0.39 is 23.6 Å². The van der Waals surface area contributed by atoms with Crippen LogP contribution >= 0.6 is 0 Å². The number of halogens is 4. The van der Waals surface area contributed by atoms with Gasteiger partial charge in [0.15, 0.2) is 11.5 Å². The monoisotopic (exact) mass is 282 g/mol. The van der Waals surface area contributed by atoms with Crippen molar-refractivity contribution in [3.63, 3.8) is 0 Å². The number of hydrogen-bond acceptors (Lipinski definition) is 3. The molecule has 1 aromatic carbocycles. The second-order valence-electron chi connectivity index (χ2n) is 3.71. The Kier molecular flexibility index (Phi) is 3.57. The summed E-state index contributed by atoms with van der Waals surface area (Å²) in [6.45, 7) is 0. The van der Waals surface area contributed by atoms with E-state index in [2.05, 4.69) is 9.72 Å². The molecule has 0 saturated carbocycles. The first-order valence-corrected chi connectivity index (χ1v) is 5.31. The summed E-state index contributed by atoms with van der Waals surface area (Å²) in [6.07, 6.45) is -3.74. The molecule has 0 radical (unpaired) electrons. The Morgan fingerprint density at radius 2 is 1.90 bits per heavy atom. The molecule has 1 aromatic heterocycles. The van der Waals surface area contributed by atoms with Gasteiger partial charge in [0.25, 0.3) is 0 Å². The summed E-state index contributed by atoms with van der Waals surface area (Å²) in [4.78, 5) is 3.54. The molecule has 102 valence electrons. The lowest BCUT2D eigenvalue weighted by molar-refractivity contribution is -0.274. The average molecular weight is 282 g/mol. The SMILES string of the molecule is N#Cc1ncc(-c2ccccc2OC(F)(F)F)cc1F. The van der Waals surface area contributed by atoms with Gasteiger partial charge in [0.2, 0.25) is 0 Å². The van der Waals surface area contributed by atoms with Crippen LogP contribution in [0.25, 0.3) is 11.1 Å². The number of hydrogen-bond donors (Lipinski definition) is 0. The number of benzene rings is 1. The van der Waals surface area contributed by atoms with Crippen molar-refractivity contribution in [2.24, 2.45) is 0 Å². The molecular weight excluding hydrogens is 276 g/mol. The third-order valence-electron chi connectivity index (χ3n) is 2.37. The highest BCUT2D eigenvalue weighted by atomic mass is 19.4. The zero-order chi connectivity index (χ0) is 14.8. The minimum Gasteiger partial charge on any atom is -0.405 e. The number of rotatable bonds is 2. The molecule has 0 saturated heterocycles. The van der Waals surface area contributed by atoms with Crippen LogP contribution in [-0.2, 0) is 0 Å². The molecule has 0 aliphatic rings. The van der Waals surface area contributed by atoms with E-state index in [4.69, 9.17) is 5.26 Å². The van der Waals surface area contributed by atoms with Gasteiger partial charge < -0.3 is 4.74 Å². The van der Waals surface area contributed by atoms with Crippen molar-refractivity contribution in [3.05, 3.63) is 48.0 Å². The number of alkyl halides is 3. The van der Waals surface area contributed by atoms with Crippen LogP contribution in [0, 0.1) is 17.1 Å². The topological polar surface area (TPSA) is 45.9 Å². The summed E-state index contributed by atoms with van der Waals surface area (Å²) < 4.78 is 54.2. The zero-order valence-electron chi connectivity index (χ0n) is 9.78. The summed E-state index contributed by atoms with van der Waals surface area (Å²) in [6, 6.07) is 7.75. The van der Waals surface area contributed by atoms with E-state index in [1.54, 1.807) is 0 Å². The lowest BCUT2D eigenvalue weighted by Crippen LogP contribution is -2.17. The van der Waals surface area contributed by atoms with E-state index in [-0.39, 0.29) is 11.1 Å². The van der Waals surface area contributed by atoms with E-state index in [1.807, 2.05) is 0 Å². The van der Waals surface area contributed by atoms with Gasteiger partial charge in [-0.15, -0.1) is 13.2 Å². The highest BCUT2D eigenvalue weighted by Crippen LogP contribution is 2.33. The number of ether oxygens (including phenoxy) is 1. The van der Waals surface area contributed by atoms with E-state index in [9.17, 15) is 17.6 Å². The Morgan fingerprint density at radius 1 is 1.20 bits per heavy atom. The van der Waals surface area contributed by atoms with Gasteiger partial charge in [0.05, 0.1) is 0 Å². The predicted octanol–water partition coefficient (Wildman–Crippen LogP) is 3.66. The fraction of sp³-hybridized carbons (Fsp3) is 0.0769. The van der Waals surface area contributed by atoms with Gasteiger partial charge in [-0.1, -0.05) is 18.2 Å². The Morgan fingerprint density at radius 3 is 2.50 bits per heavy atom. The minimum atomic E-state index is -4.85. The van der Waals surface area contributed by atoms with E-state index in [0.29, 0.717) is 0 Å². The average Bonchev–Trinajstić information content (AvgIpc) is 2.37. The van der Waals surface area contributed by atoms with Crippen LogP contribution < -0.4 is 4.74 Å². The Balaban J connectivity index is 2.48. The molecule has 0 N–H and O–H groups in total. The van der Waals surface area contributed by atoms with Crippen LogP contribution in [0.5, 0.6) is 5.75 Å². The van der Waals surface area contributed by atoms with Crippen molar-refractivity contribution in [2.75, 3.05) is 0 Å². The van der Waals surface area contributed by atoms with Crippen LogP contribution in [-0.4, -0.2) is 11.3 Å². The van der Waals surface area contributed by atoms with Gasteiger partial charge in [-0.25, -0.2) is 9.37 Å². The summed E-state index contributed by atoms with van der Waals surface area (Å²) in [5.74, 6) is -1.38. The first-order chi connectivity index (χ1) is 9.40. The van der Waals surface area contributed by atoms with Crippen molar-refractivity contribution < 1.29 is 22.3 Å². The molecule has 1 heterocycles. The molecule has 7 heteroatoms. The van der Waals surface area contributed by atoms with E-state index >= 15 is 0 Å². The Bertz CT molecular complexity index is 677. The lowest BCUT2D eigenvalue weighted by Gasteiger charge is -2.13. The third kappa shape index (κ3) is 3.03. The van der Waals surface area contributed by atoms with Crippen molar-refractivity contribution >= 4 is 0 Å². The lowest BCUT2D eigenvalue weighted by atomic mass is 10.1. The molecule has 2 aromatic rings. The zero-order valence-corrected chi connectivity index (χ0v) is 9.78. The molecule has 3 nitrogen and oxygen atoms in total. The Labute approximate surface area is 111 Å². The molecule has 2 rings (SSSR count). The smallest absolute Gasteiger partial charge is 0.405 e. The fourth-order valence-electron chi connectivity index (χ4n) is 1.59. The molecule has 0 amide bonds. The summed E-state index contributed by atoms with van der Waals surface area (Å²) in [5, 5.41) is 8.56. The molecule has 0 atom stereocenters. The second kappa shape index (κ2) is 5.17. The number of pyridine rings is 1. The summed E-state index contributed by atoms with van der Waals surface area (Å²) in [5.41, 5.74) is -0.315. The van der Waals surface area contributed by atoms with Gasteiger partial charge in [-0.3, -0.25) is 0 Å². The number of aromatic nitrogens is 1. The first-order valence-electron chi connectivity index (χ1n) is 5.31. The Hall–Kier alpha value is -2.62. The van der Waals surface area contributed by atoms with Gasteiger partial charge in [0.1, 0.15) is 11.8 Å². The third-order valence-corrected chi connectivity index (χ3v) is 2.37. The number of nitriles is 1. The quantitative estimate of drug-likeness (QED) is 0.790. The molecule has 0 spiro atoms. The van der Waals surface area contributed by atoms with E-state index in [1.165, 1.54) is 24.3 Å². The predicted molar refractivity (Wildman–Crippen MR) is 61.0 cm³/mol. The summed E-state index contributed by atoms with van der Waals surface area (Å²) >= 11 is 0.